The van der Waals surface area contributed by atoms with Gasteiger partial charge in [0.25, 0.3) is 10.0 Å². The van der Waals surface area contributed by atoms with E-state index < -0.39 is 10.0 Å². The van der Waals surface area contributed by atoms with Crippen LogP contribution in [0.4, 0.5) is 0 Å². The quantitative estimate of drug-likeness (QED) is 0.576. The van der Waals surface area contributed by atoms with Gasteiger partial charge in [0, 0.05) is 5.56 Å². The zero-order valence-electron chi connectivity index (χ0n) is 15.3. The topological polar surface area (TPSA) is 46.5 Å². The number of sulfonamides is 1. The Kier molecular flexibility index (Phi) is 5.67. The second-order valence-electron chi connectivity index (χ2n) is 6.38. The lowest BCUT2D eigenvalue weighted by Gasteiger charge is -2.05. The molecule has 0 saturated carbocycles. The van der Waals surface area contributed by atoms with Crippen molar-refractivity contribution in [1.82, 2.24) is 0 Å². The zero-order chi connectivity index (χ0) is 19.3. The lowest BCUT2D eigenvalue weighted by Crippen LogP contribution is -2.04. The van der Waals surface area contributed by atoms with Gasteiger partial charge in [-0.1, -0.05) is 83.9 Å². The summed E-state index contributed by atoms with van der Waals surface area (Å²) in [6, 6.07) is 24.0. The van der Waals surface area contributed by atoms with Crippen LogP contribution in [0.25, 0.3) is 6.08 Å². The molecule has 0 aromatic heterocycles. The van der Waals surface area contributed by atoms with Crippen molar-refractivity contribution in [3.05, 3.63) is 107 Å². The smallest absolute Gasteiger partial charge is 0.199 e. The van der Waals surface area contributed by atoms with Crippen LogP contribution in [0.1, 0.15) is 22.3 Å². The van der Waals surface area contributed by atoms with E-state index in [4.69, 9.17) is 0 Å². The van der Waals surface area contributed by atoms with E-state index in [1.807, 2.05) is 74.5 Å². The Balaban J connectivity index is 2.04. The second kappa shape index (κ2) is 8.14. The Hall–Kier alpha value is -2.98. The van der Waals surface area contributed by atoms with Crippen molar-refractivity contribution < 1.29 is 8.42 Å². The minimum Gasteiger partial charge on any atom is -0.199 e. The zero-order valence-corrected chi connectivity index (χ0v) is 16.1. The maximum atomic E-state index is 12.8. The first-order valence-corrected chi connectivity index (χ1v) is 10.1. The Morgan fingerprint density at radius 2 is 1.52 bits per heavy atom. The third kappa shape index (κ3) is 5.02. The average Bonchev–Trinajstić information content (AvgIpc) is 2.66. The van der Waals surface area contributed by atoms with Crippen LogP contribution >= 0.6 is 0 Å². The van der Waals surface area contributed by atoms with Gasteiger partial charge in [0.15, 0.2) is 0 Å². The van der Waals surface area contributed by atoms with Crippen molar-refractivity contribution in [3.8, 4) is 0 Å². The Labute approximate surface area is 160 Å². The number of nitrogens with zero attached hydrogens (tertiary/aromatic N) is 1. The normalized spacial score (nSPS) is 12.4. The first-order chi connectivity index (χ1) is 12.9. The summed E-state index contributed by atoms with van der Waals surface area (Å²) in [5.74, 6) is 0. The molecule has 27 heavy (non-hydrogen) atoms. The average molecular weight is 375 g/mol. The highest BCUT2D eigenvalue weighted by molar-refractivity contribution is 7.90. The van der Waals surface area contributed by atoms with Gasteiger partial charge in [-0.15, -0.1) is 0 Å². The predicted molar refractivity (Wildman–Crippen MR) is 112 cm³/mol. The van der Waals surface area contributed by atoms with Crippen LogP contribution in [0.3, 0.4) is 0 Å². The molecule has 0 spiro atoms. The van der Waals surface area contributed by atoms with Crippen molar-refractivity contribution in [2.75, 3.05) is 0 Å². The van der Waals surface area contributed by atoms with Crippen molar-refractivity contribution in [2.24, 2.45) is 4.40 Å². The number of hydrogen-bond donors (Lipinski definition) is 0. The molecule has 0 aliphatic carbocycles. The predicted octanol–water partition coefficient (Wildman–Crippen LogP) is 5.19. The summed E-state index contributed by atoms with van der Waals surface area (Å²) >= 11 is 0. The molecule has 4 heteroatoms. The molecule has 3 aromatic rings. The fourth-order valence-corrected chi connectivity index (χ4v) is 3.64. The molecular formula is C23H21NO2S. The molecule has 3 aromatic carbocycles. The minimum absolute atomic E-state index is 0.186. The number of rotatable bonds is 5. The number of allylic oxidation sites excluding steroid dienone is 1. The highest BCUT2D eigenvalue weighted by Crippen LogP contribution is 2.16. The highest BCUT2D eigenvalue weighted by atomic mass is 32.2. The SMILES string of the molecule is Cc1ccc(S(=O)(=O)/N=C(/C=C/c2cccc(C)c2)c2ccccc2)cc1. The number of hydrogen-bond acceptors (Lipinski definition) is 2. The minimum atomic E-state index is -3.80. The Morgan fingerprint density at radius 1 is 0.815 bits per heavy atom. The monoisotopic (exact) mass is 375 g/mol. The van der Waals surface area contributed by atoms with Crippen molar-refractivity contribution in [3.63, 3.8) is 0 Å². The lowest BCUT2D eigenvalue weighted by molar-refractivity contribution is 0.598. The Morgan fingerprint density at radius 3 is 2.19 bits per heavy atom. The van der Waals surface area contributed by atoms with Gasteiger partial charge in [-0.3, -0.25) is 0 Å². The molecule has 0 aliphatic heterocycles. The van der Waals surface area contributed by atoms with Gasteiger partial charge in [-0.05, 0) is 37.6 Å². The molecule has 0 radical (unpaired) electrons. The molecule has 0 heterocycles. The highest BCUT2D eigenvalue weighted by Gasteiger charge is 2.14. The standard InChI is InChI=1S/C23H21NO2S/c1-18-11-14-22(15-12-18)27(25,26)24-23(21-9-4-3-5-10-21)16-13-20-8-6-7-19(2)17-20/h3-17H,1-2H3/b16-13+,24-23-. The van der Waals surface area contributed by atoms with E-state index in [0.717, 1.165) is 22.3 Å². The Bertz CT molecular complexity index is 1080. The summed E-state index contributed by atoms with van der Waals surface area (Å²) < 4.78 is 29.7. The summed E-state index contributed by atoms with van der Waals surface area (Å²) in [6.45, 7) is 3.94. The van der Waals surface area contributed by atoms with E-state index in [0.29, 0.717) is 5.71 Å². The van der Waals surface area contributed by atoms with Gasteiger partial charge in [0.1, 0.15) is 0 Å². The fraction of sp³-hybridized carbons (Fsp3) is 0.0870. The van der Waals surface area contributed by atoms with Gasteiger partial charge < -0.3 is 0 Å². The molecule has 3 nitrogen and oxygen atoms in total. The molecular weight excluding hydrogens is 354 g/mol. The second-order valence-corrected chi connectivity index (χ2v) is 7.98. The molecule has 0 saturated heterocycles. The van der Waals surface area contributed by atoms with Crippen LogP contribution in [0.2, 0.25) is 0 Å². The van der Waals surface area contributed by atoms with Gasteiger partial charge in [0.05, 0.1) is 10.6 Å². The first kappa shape index (κ1) is 18.8. The molecule has 0 fully saturated rings. The van der Waals surface area contributed by atoms with E-state index in [2.05, 4.69) is 4.40 Å². The maximum absolute atomic E-state index is 12.8. The van der Waals surface area contributed by atoms with Crippen LogP contribution < -0.4 is 0 Å². The fourth-order valence-electron chi connectivity index (χ4n) is 2.63. The van der Waals surface area contributed by atoms with Crippen molar-refractivity contribution in [2.45, 2.75) is 18.7 Å². The summed E-state index contributed by atoms with van der Waals surface area (Å²) in [4.78, 5) is 0.186. The molecule has 0 bridgehead atoms. The van der Waals surface area contributed by atoms with Crippen molar-refractivity contribution >= 4 is 21.8 Å². The number of aryl methyl sites for hydroxylation is 2. The lowest BCUT2D eigenvalue weighted by atomic mass is 10.1. The van der Waals surface area contributed by atoms with Crippen LogP contribution in [0.5, 0.6) is 0 Å². The third-order valence-electron chi connectivity index (χ3n) is 4.08. The van der Waals surface area contributed by atoms with Crippen LogP contribution in [0.15, 0.2) is 94.2 Å². The van der Waals surface area contributed by atoms with Crippen LogP contribution in [-0.4, -0.2) is 14.1 Å². The summed E-state index contributed by atoms with van der Waals surface area (Å²) in [5, 5.41) is 0. The maximum Gasteiger partial charge on any atom is 0.282 e. The largest absolute Gasteiger partial charge is 0.282 e. The summed E-state index contributed by atoms with van der Waals surface area (Å²) in [6.07, 6.45) is 3.62. The van der Waals surface area contributed by atoms with Gasteiger partial charge in [-0.25, -0.2) is 0 Å². The number of benzene rings is 3. The molecule has 0 N–H and O–H groups in total. The van der Waals surface area contributed by atoms with Gasteiger partial charge >= 0.3 is 0 Å². The molecule has 0 amide bonds. The summed E-state index contributed by atoms with van der Waals surface area (Å²) in [7, 11) is -3.80. The summed E-state index contributed by atoms with van der Waals surface area (Å²) in [5.41, 5.74) is 4.28. The third-order valence-corrected chi connectivity index (χ3v) is 5.39. The van der Waals surface area contributed by atoms with Crippen LogP contribution in [-0.2, 0) is 10.0 Å². The molecule has 3 rings (SSSR count). The van der Waals surface area contributed by atoms with Gasteiger partial charge in [0.2, 0.25) is 0 Å². The molecule has 0 atom stereocenters. The molecule has 0 unspecified atom stereocenters. The van der Waals surface area contributed by atoms with E-state index >= 15 is 0 Å². The first-order valence-electron chi connectivity index (χ1n) is 8.66. The van der Waals surface area contributed by atoms with E-state index in [1.165, 1.54) is 0 Å². The van der Waals surface area contributed by atoms with E-state index in [9.17, 15) is 8.42 Å². The van der Waals surface area contributed by atoms with Crippen LogP contribution in [0, 0.1) is 13.8 Å². The molecule has 0 aliphatic rings. The van der Waals surface area contributed by atoms with E-state index in [-0.39, 0.29) is 4.90 Å². The van der Waals surface area contributed by atoms with E-state index in [1.54, 1.807) is 30.3 Å². The molecule has 136 valence electrons. The van der Waals surface area contributed by atoms with Crippen molar-refractivity contribution in [1.29, 1.82) is 0 Å². The van der Waals surface area contributed by atoms with Gasteiger partial charge in [-0.2, -0.15) is 12.8 Å².